The Hall–Kier alpha value is -0.590. The minimum absolute atomic E-state index is 0.0622. The Morgan fingerprint density at radius 1 is 1.47 bits per heavy atom. The van der Waals surface area contributed by atoms with Gasteiger partial charge in [0.15, 0.2) is 5.82 Å². The predicted molar refractivity (Wildman–Crippen MR) is 68.1 cm³/mol. The number of benzene rings is 1. The average Bonchev–Trinajstić information content (AvgIpc) is 2.24. The number of carboxylic acid groups (broad SMARTS) is 1. The highest BCUT2D eigenvalue weighted by Gasteiger charge is 2.19. The molecule has 0 spiro atoms. The van der Waals surface area contributed by atoms with Gasteiger partial charge in [0.1, 0.15) is 0 Å². The van der Waals surface area contributed by atoms with Crippen LogP contribution in [0.15, 0.2) is 21.5 Å². The van der Waals surface area contributed by atoms with Crippen molar-refractivity contribution >= 4 is 33.7 Å². The van der Waals surface area contributed by atoms with Crippen LogP contribution < -0.4 is 0 Å². The van der Waals surface area contributed by atoms with Crippen LogP contribution in [0.25, 0.3) is 0 Å². The maximum atomic E-state index is 13.8. The van der Waals surface area contributed by atoms with Gasteiger partial charge in [-0.25, -0.2) is 9.18 Å². The van der Waals surface area contributed by atoms with Crippen molar-refractivity contribution in [2.75, 3.05) is 0 Å². The van der Waals surface area contributed by atoms with E-state index in [1.807, 2.05) is 0 Å². The molecule has 2 N–H and O–H groups in total. The van der Waals surface area contributed by atoms with Gasteiger partial charge in [-0.05, 0) is 35.0 Å². The maximum absolute atomic E-state index is 13.8. The van der Waals surface area contributed by atoms with E-state index in [1.54, 1.807) is 13.8 Å². The van der Waals surface area contributed by atoms with Crippen LogP contribution in [0.1, 0.15) is 24.2 Å². The number of rotatable bonds is 4. The highest BCUT2D eigenvalue weighted by Crippen LogP contribution is 2.33. The number of aliphatic hydroxyl groups is 1. The first-order valence-corrected chi connectivity index (χ1v) is 6.58. The summed E-state index contributed by atoms with van der Waals surface area (Å²) < 4.78 is 13.8. The van der Waals surface area contributed by atoms with E-state index in [9.17, 15) is 14.3 Å². The summed E-state index contributed by atoms with van der Waals surface area (Å²) in [6.07, 6.45) is -0.572. The van der Waals surface area contributed by atoms with Crippen LogP contribution in [0.2, 0.25) is 0 Å². The van der Waals surface area contributed by atoms with E-state index < -0.39 is 17.9 Å². The molecule has 0 aromatic heterocycles. The minimum Gasteiger partial charge on any atom is -0.478 e. The molecule has 3 nitrogen and oxygen atoms in total. The molecular formula is C11H12BrFO3S. The van der Waals surface area contributed by atoms with Gasteiger partial charge in [0.2, 0.25) is 0 Å². The molecule has 17 heavy (non-hydrogen) atoms. The first-order valence-electron chi connectivity index (χ1n) is 4.90. The smallest absolute Gasteiger partial charge is 0.336 e. The number of carboxylic acids is 1. The van der Waals surface area contributed by atoms with Crippen LogP contribution in [-0.2, 0) is 0 Å². The third kappa shape index (κ3) is 3.43. The van der Waals surface area contributed by atoms with Crippen molar-refractivity contribution in [2.24, 2.45) is 0 Å². The molecule has 0 heterocycles. The number of carbonyl (C=O) groups is 1. The number of hydrogen-bond donors (Lipinski definition) is 2. The molecule has 0 bridgehead atoms. The number of aromatic carboxylic acids is 1. The summed E-state index contributed by atoms with van der Waals surface area (Å²) in [5.74, 6) is -1.79. The summed E-state index contributed by atoms with van der Waals surface area (Å²) >= 11 is 4.09. The van der Waals surface area contributed by atoms with Crippen molar-refractivity contribution in [1.29, 1.82) is 0 Å². The lowest BCUT2D eigenvalue weighted by Crippen LogP contribution is -2.15. The van der Waals surface area contributed by atoms with Crippen molar-refractivity contribution < 1.29 is 19.4 Å². The summed E-state index contributed by atoms with van der Waals surface area (Å²) in [7, 11) is 0. The summed E-state index contributed by atoms with van der Waals surface area (Å²) in [4.78, 5) is 11.1. The largest absolute Gasteiger partial charge is 0.478 e. The predicted octanol–water partition coefficient (Wildman–Crippen LogP) is 3.15. The molecule has 2 atom stereocenters. The molecule has 0 aliphatic carbocycles. The van der Waals surface area contributed by atoms with Gasteiger partial charge >= 0.3 is 5.97 Å². The number of halogens is 2. The molecule has 1 rings (SSSR count). The molecule has 0 aliphatic heterocycles. The molecule has 0 fully saturated rings. The van der Waals surface area contributed by atoms with Crippen LogP contribution in [0.4, 0.5) is 4.39 Å². The van der Waals surface area contributed by atoms with Crippen molar-refractivity contribution in [3.63, 3.8) is 0 Å². The van der Waals surface area contributed by atoms with Gasteiger partial charge in [-0.2, -0.15) is 0 Å². The summed E-state index contributed by atoms with van der Waals surface area (Å²) in [5.41, 5.74) is -0.114. The van der Waals surface area contributed by atoms with Crippen LogP contribution in [0.5, 0.6) is 0 Å². The quantitative estimate of drug-likeness (QED) is 0.836. The summed E-state index contributed by atoms with van der Waals surface area (Å²) in [6.45, 7) is 3.39. The highest BCUT2D eigenvalue weighted by molar-refractivity contribution is 9.10. The van der Waals surface area contributed by atoms with Gasteiger partial charge in [-0.3, -0.25) is 0 Å². The van der Waals surface area contributed by atoms with E-state index in [-0.39, 0.29) is 15.3 Å². The SMILES string of the molecule is CC(O)C(C)Sc1ccc(C(=O)O)c(Br)c1F. The molecule has 2 unspecified atom stereocenters. The molecule has 1 aromatic rings. The zero-order valence-corrected chi connectivity index (χ0v) is 11.7. The van der Waals surface area contributed by atoms with Crippen LogP contribution >= 0.6 is 27.7 Å². The Kier molecular flexibility index (Phi) is 4.97. The van der Waals surface area contributed by atoms with Gasteiger partial charge < -0.3 is 10.2 Å². The molecule has 0 saturated heterocycles. The van der Waals surface area contributed by atoms with Crippen molar-refractivity contribution in [3.05, 3.63) is 28.0 Å². The van der Waals surface area contributed by atoms with Gasteiger partial charge in [0, 0.05) is 10.1 Å². The Morgan fingerprint density at radius 2 is 2.06 bits per heavy atom. The van der Waals surface area contributed by atoms with Crippen molar-refractivity contribution in [1.82, 2.24) is 0 Å². The third-order valence-corrected chi connectivity index (χ3v) is 4.38. The topological polar surface area (TPSA) is 57.5 Å². The van der Waals surface area contributed by atoms with E-state index in [0.29, 0.717) is 4.90 Å². The number of hydrogen-bond acceptors (Lipinski definition) is 3. The molecule has 1 aromatic carbocycles. The normalized spacial score (nSPS) is 14.4. The van der Waals surface area contributed by atoms with Crippen LogP contribution in [0.3, 0.4) is 0 Å². The third-order valence-electron chi connectivity index (χ3n) is 2.27. The van der Waals surface area contributed by atoms with Gasteiger partial charge in [0.05, 0.1) is 16.1 Å². The molecule has 0 amide bonds. The van der Waals surface area contributed by atoms with Crippen molar-refractivity contribution in [2.45, 2.75) is 30.1 Å². The standard InChI is InChI=1S/C11H12BrFO3S/c1-5(14)6(2)17-8-4-3-7(11(15)16)9(12)10(8)13/h3-6,14H,1-2H3,(H,15,16). The molecule has 0 aliphatic rings. The summed E-state index contributed by atoms with van der Waals surface area (Å²) in [5, 5.41) is 18.0. The second kappa shape index (κ2) is 5.84. The van der Waals surface area contributed by atoms with Crippen LogP contribution in [-0.4, -0.2) is 27.5 Å². The highest BCUT2D eigenvalue weighted by atomic mass is 79.9. The minimum atomic E-state index is -1.18. The van der Waals surface area contributed by atoms with E-state index in [1.165, 1.54) is 12.1 Å². The zero-order chi connectivity index (χ0) is 13.2. The molecular weight excluding hydrogens is 311 g/mol. The fourth-order valence-corrected chi connectivity index (χ4v) is 2.68. The Bertz CT molecular complexity index is 437. The molecule has 94 valence electrons. The molecule has 0 saturated carbocycles. The Balaban J connectivity index is 3.05. The van der Waals surface area contributed by atoms with E-state index in [0.717, 1.165) is 11.8 Å². The Morgan fingerprint density at radius 3 is 2.53 bits per heavy atom. The number of aliphatic hydroxyl groups excluding tert-OH is 1. The van der Waals surface area contributed by atoms with Crippen molar-refractivity contribution in [3.8, 4) is 0 Å². The fraction of sp³-hybridized carbons (Fsp3) is 0.364. The lowest BCUT2D eigenvalue weighted by Gasteiger charge is -2.15. The second-order valence-corrected chi connectivity index (χ2v) is 5.82. The molecule has 6 heteroatoms. The van der Waals surface area contributed by atoms with Gasteiger partial charge in [-0.1, -0.05) is 6.92 Å². The van der Waals surface area contributed by atoms with E-state index in [4.69, 9.17) is 5.11 Å². The maximum Gasteiger partial charge on any atom is 0.336 e. The van der Waals surface area contributed by atoms with Crippen LogP contribution in [0, 0.1) is 5.82 Å². The van der Waals surface area contributed by atoms with Gasteiger partial charge in [0.25, 0.3) is 0 Å². The van der Waals surface area contributed by atoms with Gasteiger partial charge in [-0.15, -0.1) is 11.8 Å². The fourth-order valence-electron chi connectivity index (χ4n) is 1.09. The number of thioether (sulfide) groups is 1. The average molecular weight is 323 g/mol. The Labute approximate surface area is 111 Å². The van der Waals surface area contributed by atoms with E-state index >= 15 is 0 Å². The zero-order valence-electron chi connectivity index (χ0n) is 9.28. The monoisotopic (exact) mass is 322 g/mol. The first kappa shape index (κ1) is 14.5. The lowest BCUT2D eigenvalue weighted by atomic mass is 10.2. The van der Waals surface area contributed by atoms with E-state index in [2.05, 4.69) is 15.9 Å². The summed E-state index contributed by atoms with van der Waals surface area (Å²) in [6, 6.07) is 2.75. The second-order valence-electron chi connectivity index (χ2n) is 3.61. The lowest BCUT2D eigenvalue weighted by molar-refractivity contribution is 0.0695. The first-order chi connectivity index (χ1) is 7.84. The molecule has 0 radical (unpaired) electrons.